The van der Waals surface area contributed by atoms with Crippen molar-refractivity contribution < 1.29 is 33.7 Å². The number of hydrogen-bond donors (Lipinski definition) is 1. The third-order valence-corrected chi connectivity index (χ3v) is 9.64. The highest BCUT2D eigenvalue weighted by Crippen LogP contribution is 2.73. The quantitative estimate of drug-likeness (QED) is 0.529. The summed E-state index contributed by atoms with van der Waals surface area (Å²) in [5.74, 6) is -1.47. The van der Waals surface area contributed by atoms with Crippen molar-refractivity contribution in [1.29, 1.82) is 0 Å². The summed E-state index contributed by atoms with van der Waals surface area (Å²) in [5, 5.41) is 11.5. The van der Waals surface area contributed by atoms with E-state index in [1.807, 2.05) is 6.92 Å². The molecule has 7 heteroatoms. The second-order valence-corrected chi connectivity index (χ2v) is 10.7. The molecule has 0 aromatic rings. The predicted octanol–water partition coefficient (Wildman–Crippen LogP) is 2.49. The molecule has 1 unspecified atom stereocenters. The fourth-order valence-electron chi connectivity index (χ4n) is 8.34. The van der Waals surface area contributed by atoms with E-state index in [0.717, 1.165) is 24.8 Å². The molecule has 0 aromatic carbocycles. The predicted molar refractivity (Wildman–Crippen MR) is 109 cm³/mol. The summed E-state index contributed by atoms with van der Waals surface area (Å²) in [5.41, 5.74) is -2.01. The van der Waals surface area contributed by atoms with Gasteiger partial charge in [0.15, 0.2) is 12.1 Å². The minimum Gasteiger partial charge on any atom is -0.463 e. The highest BCUT2D eigenvalue weighted by atomic mass is 16.7. The molecule has 5 aliphatic rings. The number of esters is 1. The van der Waals surface area contributed by atoms with Crippen LogP contribution in [0.2, 0.25) is 0 Å². The molecular weight excluding hydrogens is 400 g/mol. The molecule has 1 saturated heterocycles. The lowest BCUT2D eigenvalue weighted by molar-refractivity contribution is -0.372. The molecule has 5 rings (SSSR count). The maximum absolute atomic E-state index is 13.3. The molecule has 31 heavy (non-hydrogen) atoms. The van der Waals surface area contributed by atoms with Gasteiger partial charge >= 0.3 is 5.97 Å². The Hall–Kier alpha value is -1.57. The zero-order valence-electron chi connectivity index (χ0n) is 18.7. The van der Waals surface area contributed by atoms with Crippen LogP contribution in [0.4, 0.5) is 0 Å². The van der Waals surface area contributed by atoms with Crippen molar-refractivity contribution in [2.45, 2.75) is 89.3 Å². The molecule has 0 amide bonds. The zero-order chi connectivity index (χ0) is 22.4. The summed E-state index contributed by atoms with van der Waals surface area (Å²) in [7, 11) is 1.20. The minimum atomic E-state index is -1.36. The lowest BCUT2D eigenvalue weighted by Gasteiger charge is -2.67. The first kappa shape index (κ1) is 21.3. The van der Waals surface area contributed by atoms with Gasteiger partial charge in [-0.25, -0.2) is 4.79 Å². The van der Waals surface area contributed by atoms with Crippen LogP contribution in [-0.4, -0.2) is 53.3 Å². The first-order valence-electron chi connectivity index (χ1n) is 11.4. The van der Waals surface area contributed by atoms with Gasteiger partial charge in [0.2, 0.25) is 0 Å². The van der Waals surface area contributed by atoms with Gasteiger partial charge in [-0.3, -0.25) is 9.59 Å². The summed E-state index contributed by atoms with van der Waals surface area (Å²) in [4.78, 5) is 37.8. The van der Waals surface area contributed by atoms with Crippen LogP contribution in [-0.2, 0) is 28.6 Å². The third kappa shape index (κ3) is 2.38. The molecule has 1 N–H and O–H groups in total. The second kappa shape index (κ2) is 6.49. The Morgan fingerprint density at radius 3 is 2.61 bits per heavy atom. The number of carbonyl (C=O) groups excluding carboxylic acids is 3. The van der Waals surface area contributed by atoms with Crippen molar-refractivity contribution in [3.05, 3.63) is 11.6 Å². The highest BCUT2D eigenvalue weighted by Gasteiger charge is 2.80. The number of rotatable bonds is 2. The van der Waals surface area contributed by atoms with Crippen LogP contribution in [0.25, 0.3) is 0 Å². The summed E-state index contributed by atoms with van der Waals surface area (Å²) in [6.45, 7) is 5.90. The SMILES string of the molecule is COC(=O)C(=O)[C@@]12CC[C@@]3(OC(C)O1)[C@@H]1CCC4=CC(=O)CC[C@]4(C)[C@H]1[C@H](O)C[C@]23C. The maximum Gasteiger partial charge on any atom is 0.377 e. The summed E-state index contributed by atoms with van der Waals surface area (Å²) < 4.78 is 17.5. The average molecular weight is 433 g/mol. The fourth-order valence-corrected chi connectivity index (χ4v) is 8.34. The van der Waals surface area contributed by atoms with Crippen molar-refractivity contribution in [3.63, 3.8) is 0 Å². The monoisotopic (exact) mass is 432 g/mol. The first-order valence-corrected chi connectivity index (χ1v) is 11.4. The van der Waals surface area contributed by atoms with E-state index in [0.29, 0.717) is 25.7 Å². The van der Waals surface area contributed by atoms with Crippen molar-refractivity contribution in [2.75, 3.05) is 7.11 Å². The van der Waals surface area contributed by atoms with Crippen LogP contribution in [0.5, 0.6) is 0 Å². The molecule has 0 spiro atoms. The van der Waals surface area contributed by atoms with Crippen molar-refractivity contribution >= 4 is 17.5 Å². The number of ketones is 2. The largest absolute Gasteiger partial charge is 0.463 e. The van der Waals surface area contributed by atoms with Crippen LogP contribution in [0, 0.1) is 22.7 Å². The molecule has 1 heterocycles. The molecule has 0 aromatic heterocycles. The Morgan fingerprint density at radius 1 is 1.16 bits per heavy atom. The van der Waals surface area contributed by atoms with Gasteiger partial charge in [-0.2, -0.15) is 0 Å². The van der Waals surface area contributed by atoms with E-state index in [1.165, 1.54) is 7.11 Å². The van der Waals surface area contributed by atoms with E-state index in [9.17, 15) is 19.5 Å². The Kier molecular flexibility index (Phi) is 4.45. The number of aliphatic hydroxyl groups is 1. The molecular formula is C24H32O7. The third-order valence-electron chi connectivity index (χ3n) is 9.64. The van der Waals surface area contributed by atoms with Gasteiger partial charge in [-0.1, -0.05) is 19.4 Å². The van der Waals surface area contributed by atoms with Gasteiger partial charge in [0, 0.05) is 11.8 Å². The van der Waals surface area contributed by atoms with E-state index in [2.05, 4.69) is 6.92 Å². The maximum atomic E-state index is 13.3. The van der Waals surface area contributed by atoms with E-state index >= 15 is 0 Å². The molecule has 8 atom stereocenters. The van der Waals surface area contributed by atoms with E-state index in [-0.39, 0.29) is 23.0 Å². The number of carbonyl (C=O) groups is 3. The Bertz CT molecular complexity index is 894. The van der Waals surface area contributed by atoms with E-state index in [1.54, 1.807) is 13.0 Å². The molecule has 1 aliphatic heterocycles. The number of allylic oxidation sites excluding steroid dienone is 1. The Morgan fingerprint density at radius 2 is 1.90 bits per heavy atom. The molecule has 0 radical (unpaired) electrons. The Labute approximate surface area is 182 Å². The van der Waals surface area contributed by atoms with Gasteiger partial charge < -0.3 is 19.3 Å². The number of hydrogen-bond acceptors (Lipinski definition) is 7. The van der Waals surface area contributed by atoms with Crippen molar-refractivity contribution in [2.24, 2.45) is 22.7 Å². The topological polar surface area (TPSA) is 99.1 Å². The van der Waals surface area contributed by atoms with Crippen LogP contribution in [0.3, 0.4) is 0 Å². The normalized spacial score (nSPS) is 50.6. The van der Waals surface area contributed by atoms with Crippen LogP contribution in [0.1, 0.15) is 65.7 Å². The number of aliphatic hydroxyl groups excluding tert-OH is 1. The van der Waals surface area contributed by atoms with Gasteiger partial charge in [0.1, 0.15) is 5.60 Å². The lowest BCUT2D eigenvalue weighted by atomic mass is 9.43. The summed E-state index contributed by atoms with van der Waals surface area (Å²) >= 11 is 0. The smallest absolute Gasteiger partial charge is 0.377 e. The van der Waals surface area contributed by atoms with Crippen molar-refractivity contribution in [3.8, 4) is 0 Å². The van der Waals surface area contributed by atoms with Crippen LogP contribution >= 0.6 is 0 Å². The van der Waals surface area contributed by atoms with E-state index in [4.69, 9.17) is 14.2 Å². The number of fused-ring (bicyclic) bond motifs is 3. The van der Waals surface area contributed by atoms with Crippen LogP contribution in [0.15, 0.2) is 11.6 Å². The van der Waals surface area contributed by atoms with Gasteiger partial charge in [0.25, 0.3) is 5.78 Å². The number of ether oxygens (including phenoxy) is 3. The van der Waals surface area contributed by atoms with Gasteiger partial charge in [0.05, 0.1) is 18.8 Å². The zero-order valence-corrected chi connectivity index (χ0v) is 18.7. The lowest BCUT2D eigenvalue weighted by Crippen LogP contribution is -2.74. The number of methoxy groups -OCH3 is 1. The van der Waals surface area contributed by atoms with Crippen molar-refractivity contribution in [1.82, 2.24) is 0 Å². The summed E-state index contributed by atoms with van der Waals surface area (Å²) in [6, 6.07) is 0. The fraction of sp³-hybridized carbons (Fsp3) is 0.792. The van der Waals surface area contributed by atoms with E-state index < -0.39 is 40.8 Å². The summed E-state index contributed by atoms with van der Waals surface area (Å²) in [6.07, 6.45) is 4.52. The molecule has 3 saturated carbocycles. The standard InChI is InChI=1S/C24H32O7/c1-13-30-23-9-10-24(31-13,19(27)20(28)29-4)22(23,3)12-17(26)18-16(23)6-5-14-11-15(25)7-8-21(14,18)2/h11,13,16-18,26H,5-10,12H2,1-4H3/t13?,16-,17-,18-,21+,22+,23-,24-/m1/s1. The van der Waals surface area contributed by atoms with Gasteiger partial charge in [-0.05, 0) is 68.8 Å². The highest BCUT2D eigenvalue weighted by molar-refractivity contribution is 6.37. The molecule has 2 bridgehead atoms. The number of Topliss-reactive ketones (excluding diaryl/α,β-unsaturated/α-hetero) is 1. The molecule has 4 aliphatic carbocycles. The van der Waals surface area contributed by atoms with Gasteiger partial charge in [-0.15, -0.1) is 0 Å². The molecule has 170 valence electrons. The molecule has 7 nitrogen and oxygen atoms in total. The first-order chi connectivity index (χ1) is 14.5. The minimum absolute atomic E-state index is 0.00951. The molecule has 4 fully saturated rings. The second-order valence-electron chi connectivity index (χ2n) is 10.7. The average Bonchev–Trinajstić information content (AvgIpc) is 2.85. The van der Waals surface area contributed by atoms with Crippen LogP contribution < -0.4 is 0 Å². The Balaban J connectivity index is 1.64.